The summed E-state index contributed by atoms with van der Waals surface area (Å²) in [5.74, 6) is -1.24. The Labute approximate surface area is 164 Å². The fraction of sp³-hybridized carbons (Fsp3) is 0.182. The molecule has 2 aromatic rings. The van der Waals surface area contributed by atoms with Crippen LogP contribution in [0.2, 0.25) is 0 Å². The van der Waals surface area contributed by atoms with Crippen LogP contribution >= 0.6 is 0 Å². The largest absolute Gasteiger partial charge is 0.465 e. The maximum Gasteiger partial charge on any atom is 0.355 e. The van der Waals surface area contributed by atoms with Crippen molar-refractivity contribution in [2.75, 3.05) is 19.1 Å². The van der Waals surface area contributed by atoms with E-state index in [1.54, 1.807) is 29.3 Å². The molecule has 0 atom stereocenters. The van der Waals surface area contributed by atoms with Gasteiger partial charge in [0.1, 0.15) is 5.70 Å². The van der Waals surface area contributed by atoms with Crippen molar-refractivity contribution in [2.45, 2.75) is 13.8 Å². The number of ether oxygens (including phenoxy) is 2. The molecule has 144 valence electrons. The number of aryl methyl sites for hydroxylation is 2. The summed E-state index contributed by atoms with van der Waals surface area (Å²) < 4.78 is 11.9. The number of allylic oxidation sites excluding steroid dienone is 2. The van der Waals surface area contributed by atoms with E-state index in [0.29, 0.717) is 5.69 Å². The van der Waals surface area contributed by atoms with Gasteiger partial charge >= 0.3 is 11.9 Å². The highest BCUT2D eigenvalue weighted by Crippen LogP contribution is 2.28. The predicted octanol–water partition coefficient (Wildman–Crippen LogP) is 3.58. The molecule has 0 N–H and O–H groups in total. The molecule has 1 aromatic carbocycles. The minimum atomic E-state index is -0.629. The van der Waals surface area contributed by atoms with Gasteiger partial charge in [0.15, 0.2) is 0 Å². The molecule has 1 aliphatic heterocycles. The molecule has 0 amide bonds. The van der Waals surface area contributed by atoms with Crippen LogP contribution in [0.1, 0.15) is 11.4 Å². The number of rotatable bonds is 4. The number of carbonyl (C=O) groups is 2. The summed E-state index contributed by atoms with van der Waals surface area (Å²) in [6, 6.07) is 11.8. The van der Waals surface area contributed by atoms with E-state index in [1.165, 1.54) is 14.2 Å². The average Bonchev–Trinajstić information content (AvgIpc) is 2.92. The molecule has 6 nitrogen and oxygen atoms in total. The maximum absolute atomic E-state index is 12.6. The lowest BCUT2D eigenvalue weighted by Crippen LogP contribution is -2.27. The Morgan fingerprint density at radius 3 is 2.14 bits per heavy atom. The van der Waals surface area contributed by atoms with Crippen LogP contribution in [0.4, 0.5) is 5.69 Å². The quantitative estimate of drug-likeness (QED) is 0.761. The van der Waals surface area contributed by atoms with Gasteiger partial charge in [0, 0.05) is 29.0 Å². The molecule has 1 aromatic heterocycles. The van der Waals surface area contributed by atoms with Crippen molar-refractivity contribution in [1.82, 2.24) is 4.57 Å². The van der Waals surface area contributed by atoms with Crippen LogP contribution in [0.3, 0.4) is 0 Å². The lowest BCUT2D eigenvalue weighted by Gasteiger charge is -2.24. The molecule has 0 radical (unpaired) electrons. The SMILES string of the molecule is COC(=O)C1=C(C(=O)OC)N(c2cccc(-n3c(C)ccc3C)c2)C=CC=C1. The van der Waals surface area contributed by atoms with Gasteiger partial charge in [-0.3, -0.25) is 0 Å². The van der Waals surface area contributed by atoms with Gasteiger partial charge in [-0.2, -0.15) is 0 Å². The molecule has 0 unspecified atom stereocenters. The smallest absolute Gasteiger partial charge is 0.355 e. The molecule has 1 aliphatic rings. The highest BCUT2D eigenvalue weighted by atomic mass is 16.5. The molecule has 2 heterocycles. The highest BCUT2D eigenvalue weighted by Gasteiger charge is 2.27. The summed E-state index contributed by atoms with van der Waals surface area (Å²) in [7, 11) is 2.56. The Kier molecular flexibility index (Phi) is 5.49. The second-order valence-electron chi connectivity index (χ2n) is 6.29. The number of aromatic nitrogens is 1. The minimum absolute atomic E-state index is 0.0949. The van der Waals surface area contributed by atoms with Gasteiger partial charge in [-0.05, 0) is 56.3 Å². The minimum Gasteiger partial charge on any atom is -0.465 e. The molecule has 3 rings (SSSR count). The summed E-state index contributed by atoms with van der Waals surface area (Å²) >= 11 is 0. The number of carbonyl (C=O) groups excluding carboxylic acids is 2. The van der Waals surface area contributed by atoms with Crippen LogP contribution in [0.15, 0.2) is 72.1 Å². The standard InChI is InChI=1S/C22H22N2O4/c1-15-11-12-16(2)24(15)18-9-7-8-17(14-18)23-13-6-5-10-19(21(25)27-3)20(23)22(26)28-4/h5-14H,1-4H3. The van der Waals surface area contributed by atoms with Crippen molar-refractivity contribution in [3.63, 3.8) is 0 Å². The van der Waals surface area contributed by atoms with Gasteiger partial charge in [-0.15, -0.1) is 0 Å². The van der Waals surface area contributed by atoms with Crippen LogP contribution in [0.5, 0.6) is 0 Å². The zero-order valence-electron chi connectivity index (χ0n) is 16.3. The maximum atomic E-state index is 12.6. The van der Waals surface area contributed by atoms with Gasteiger partial charge in [-0.1, -0.05) is 12.1 Å². The number of nitrogens with zero attached hydrogens (tertiary/aromatic N) is 2. The normalized spacial score (nSPS) is 13.5. The fourth-order valence-electron chi connectivity index (χ4n) is 3.22. The molecular formula is C22H22N2O4. The van der Waals surface area contributed by atoms with Crippen molar-refractivity contribution < 1.29 is 19.1 Å². The first-order valence-electron chi connectivity index (χ1n) is 8.78. The summed E-state index contributed by atoms with van der Waals surface area (Å²) in [4.78, 5) is 26.5. The van der Waals surface area contributed by atoms with Crippen LogP contribution < -0.4 is 4.90 Å². The van der Waals surface area contributed by atoms with E-state index in [-0.39, 0.29) is 11.3 Å². The van der Waals surface area contributed by atoms with E-state index in [4.69, 9.17) is 9.47 Å². The summed E-state index contributed by atoms with van der Waals surface area (Å²) in [5, 5.41) is 0. The molecule has 0 fully saturated rings. The van der Waals surface area contributed by atoms with Crippen LogP contribution in [0.25, 0.3) is 5.69 Å². The number of esters is 2. The van der Waals surface area contributed by atoms with Crippen molar-refractivity contribution in [1.29, 1.82) is 0 Å². The number of anilines is 1. The van der Waals surface area contributed by atoms with Crippen LogP contribution in [-0.4, -0.2) is 30.7 Å². The predicted molar refractivity (Wildman–Crippen MR) is 107 cm³/mol. The van der Waals surface area contributed by atoms with Gasteiger partial charge < -0.3 is 18.9 Å². The van der Waals surface area contributed by atoms with E-state index in [1.807, 2.05) is 50.2 Å². The Balaban J connectivity index is 2.17. The van der Waals surface area contributed by atoms with Gasteiger partial charge in [0.05, 0.1) is 19.8 Å². The van der Waals surface area contributed by atoms with Crippen molar-refractivity contribution in [3.8, 4) is 5.69 Å². The van der Waals surface area contributed by atoms with Crippen molar-refractivity contribution >= 4 is 17.6 Å². The third-order valence-electron chi connectivity index (χ3n) is 4.53. The highest BCUT2D eigenvalue weighted by molar-refractivity contribution is 6.05. The summed E-state index contributed by atoms with van der Waals surface area (Å²) in [6.07, 6.45) is 6.68. The molecule has 0 saturated heterocycles. The zero-order valence-corrected chi connectivity index (χ0v) is 16.3. The number of hydrogen-bond donors (Lipinski definition) is 0. The molecule has 0 saturated carbocycles. The van der Waals surface area contributed by atoms with E-state index >= 15 is 0 Å². The molecule has 0 bridgehead atoms. The lowest BCUT2D eigenvalue weighted by atomic mass is 10.1. The number of hydrogen-bond acceptors (Lipinski definition) is 5. The van der Waals surface area contributed by atoms with Crippen LogP contribution in [0, 0.1) is 13.8 Å². The van der Waals surface area contributed by atoms with Crippen molar-refractivity contribution in [3.05, 3.63) is 83.5 Å². The molecule has 0 spiro atoms. The first-order valence-corrected chi connectivity index (χ1v) is 8.78. The summed E-state index contributed by atoms with van der Waals surface area (Å²) in [5.41, 5.74) is 4.08. The van der Waals surface area contributed by atoms with Crippen LogP contribution in [-0.2, 0) is 19.1 Å². The zero-order chi connectivity index (χ0) is 20.3. The van der Waals surface area contributed by atoms with Gasteiger partial charge in [0.2, 0.25) is 0 Å². The Hall–Kier alpha value is -3.54. The second kappa shape index (κ2) is 8.00. The molecule has 6 heteroatoms. The number of benzene rings is 1. The molecular weight excluding hydrogens is 356 g/mol. The third kappa shape index (κ3) is 3.49. The van der Waals surface area contributed by atoms with E-state index in [2.05, 4.69) is 4.57 Å². The van der Waals surface area contributed by atoms with Crippen molar-refractivity contribution in [2.24, 2.45) is 0 Å². The average molecular weight is 378 g/mol. The molecule has 0 aliphatic carbocycles. The fourth-order valence-corrected chi connectivity index (χ4v) is 3.22. The van der Waals surface area contributed by atoms with Gasteiger partial charge in [0.25, 0.3) is 0 Å². The molecule has 28 heavy (non-hydrogen) atoms. The monoisotopic (exact) mass is 378 g/mol. The second-order valence-corrected chi connectivity index (χ2v) is 6.29. The first-order chi connectivity index (χ1) is 13.5. The Morgan fingerprint density at radius 1 is 0.857 bits per heavy atom. The van der Waals surface area contributed by atoms with E-state index < -0.39 is 11.9 Å². The number of methoxy groups -OCH3 is 2. The third-order valence-corrected chi connectivity index (χ3v) is 4.53. The topological polar surface area (TPSA) is 60.8 Å². The Morgan fingerprint density at radius 2 is 1.50 bits per heavy atom. The van der Waals surface area contributed by atoms with Gasteiger partial charge in [-0.25, -0.2) is 9.59 Å². The Bertz CT molecular complexity index is 992. The van der Waals surface area contributed by atoms with E-state index in [9.17, 15) is 9.59 Å². The lowest BCUT2D eigenvalue weighted by molar-refractivity contribution is -0.139. The first kappa shape index (κ1) is 19.2. The van der Waals surface area contributed by atoms with E-state index in [0.717, 1.165) is 17.1 Å². The summed E-state index contributed by atoms with van der Waals surface area (Å²) in [6.45, 7) is 4.06.